The fourth-order valence-electron chi connectivity index (χ4n) is 3.25. The highest BCUT2D eigenvalue weighted by atomic mass is 16.5. The number of nitrogens with zero attached hydrogens (tertiary/aromatic N) is 2. The van der Waals surface area contributed by atoms with Crippen LogP contribution in [0.25, 0.3) is 0 Å². The zero-order chi connectivity index (χ0) is 23.3. The van der Waals surface area contributed by atoms with E-state index in [1.54, 1.807) is 24.3 Å². The minimum absolute atomic E-state index is 0.179. The highest BCUT2D eigenvalue weighted by Gasteiger charge is 2.28. The van der Waals surface area contributed by atoms with Crippen molar-refractivity contribution in [1.29, 1.82) is 0 Å². The van der Waals surface area contributed by atoms with Crippen molar-refractivity contribution in [2.45, 2.75) is 13.8 Å². The van der Waals surface area contributed by atoms with Gasteiger partial charge in [0, 0.05) is 12.7 Å². The number of amides is 3. The summed E-state index contributed by atoms with van der Waals surface area (Å²) in [6, 6.07) is 12.5. The van der Waals surface area contributed by atoms with Gasteiger partial charge in [-0.25, -0.2) is 0 Å². The van der Waals surface area contributed by atoms with Crippen molar-refractivity contribution in [1.82, 2.24) is 4.90 Å². The van der Waals surface area contributed by atoms with Crippen LogP contribution in [0.3, 0.4) is 0 Å². The van der Waals surface area contributed by atoms with E-state index in [0.29, 0.717) is 17.1 Å². The van der Waals surface area contributed by atoms with Gasteiger partial charge in [0.15, 0.2) is 13.2 Å². The summed E-state index contributed by atoms with van der Waals surface area (Å²) in [6.07, 6.45) is 0. The first-order valence-corrected chi connectivity index (χ1v) is 10.0. The maximum absolute atomic E-state index is 12.3. The number of hydrogen-bond donors (Lipinski definition) is 1. The molecule has 2 aromatic rings. The number of nitrogens with one attached hydrogen (secondary N) is 1. The van der Waals surface area contributed by atoms with Gasteiger partial charge in [-0.2, -0.15) is 0 Å². The molecule has 0 saturated heterocycles. The first-order valence-electron chi connectivity index (χ1n) is 10.0. The molecule has 9 nitrogen and oxygen atoms in total. The van der Waals surface area contributed by atoms with Crippen LogP contribution in [-0.2, 0) is 23.9 Å². The van der Waals surface area contributed by atoms with Gasteiger partial charge in [0.1, 0.15) is 12.3 Å². The van der Waals surface area contributed by atoms with Gasteiger partial charge in [0.2, 0.25) is 5.91 Å². The Bertz CT molecular complexity index is 1030. The van der Waals surface area contributed by atoms with Crippen molar-refractivity contribution >= 4 is 35.1 Å². The van der Waals surface area contributed by atoms with Crippen LogP contribution in [0, 0.1) is 13.8 Å². The molecule has 1 aliphatic rings. The number of fused-ring (bicyclic) bond motifs is 1. The van der Waals surface area contributed by atoms with E-state index in [2.05, 4.69) is 5.32 Å². The standard InChI is InChI=1S/C23H25N3O6/c1-15-7-6-8-16(2)23(15)24-19(27)11-25(3)20(28)13-32-22(30)12-26-17-9-4-5-10-18(17)31-14-21(26)29/h4-10H,11-14H2,1-3H3,(H,24,27). The summed E-state index contributed by atoms with van der Waals surface area (Å²) in [4.78, 5) is 51.4. The second-order valence-corrected chi connectivity index (χ2v) is 7.46. The SMILES string of the molecule is Cc1cccc(C)c1NC(=O)CN(C)C(=O)COC(=O)CN1C(=O)COc2ccccc21. The Morgan fingerprint density at radius 2 is 1.78 bits per heavy atom. The summed E-state index contributed by atoms with van der Waals surface area (Å²) in [7, 11) is 1.45. The molecule has 2 aromatic carbocycles. The average molecular weight is 439 g/mol. The number of ether oxygens (including phenoxy) is 2. The zero-order valence-electron chi connectivity index (χ0n) is 18.2. The number of likely N-dealkylation sites (N-methyl/N-ethyl adjacent to an activating group) is 1. The minimum Gasteiger partial charge on any atom is -0.482 e. The molecule has 0 spiro atoms. The molecule has 1 aliphatic heterocycles. The van der Waals surface area contributed by atoms with Crippen molar-refractivity contribution in [2.75, 3.05) is 43.6 Å². The number of benzene rings is 2. The first-order chi connectivity index (χ1) is 15.3. The zero-order valence-corrected chi connectivity index (χ0v) is 18.2. The topological polar surface area (TPSA) is 105 Å². The smallest absolute Gasteiger partial charge is 0.326 e. The Labute approximate surface area is 185 Å². The molecule has 0 saturated carbocycles. The van der Waals surface area contributed by atoms with Gasteiger partial charge < -0.3 is 19.7 Å². The van der Waals surface area contributed by atoms with Crippen LogP contribution < -0.4 is 15.0 Å². The number of esters is 1. The molecule has 0 aliphatic carbocycles. The first kappa shape index (κ1) is 22.8. The number of carbonyl (C=O) groups excluding carboxylic acids is 4. The van der Waals surface area contributed by atoms with Gasteiger partial charge in [-0.15, -0.1) is 0 Å². The summed E-state index contributed by atoms with van der Waals surface area (Å²) in [5.74, 6) is -1.53. The third-order valence-electron chi connectivity index (χ3n) is 5.00. The van der Waals surface area contributed by atoms with E-state index in [1.165, 1.54) is 16.8 Å². The predicted molar refractivity (Wildman–Crippen MR) is 117 cm³/mol. The van der Waals surface area contributed by atoms with Gasteiger partial charge in [-0.3, -0.25) is 24.1 Å². The number of carbonyl (C=O) groups is 4. The molecule has 32 heavy (non-hydrogen) atoms. The lowest BCUT2D eigenvalue weighted by atomic mass is 10.1. The maximum atomic E-state index is 12.3. The third kappa shape index (κ3) is 5.42. The Morgan fingerprint density at radius 3 is 2.50 bits per heavy atom. The van der Waals surface area contributed by atoms with Gasteiger partial charge in [0.25, 0.3) is 11.8 Å². The van der Waals surface area contributed by atoms with Crippen LogP contribution in [0.5, 0.6) is 5.75 Å². The van der Waals surface area contributed by atoms with Crippen molar-refractivity contribution < 1.29 is 28.7 Å². The molecule has 0 atom stereocenters. The number of hydrogen-bond acceptors (Lipinski definition) is 6. The van der Waals surface area contributed by atoms with Crippen LogP contribution >= 0.6 is 0 Å². The molecule has 0 fully saturated rings. The summed E-state index contributed by atoms with van der Waals surface area (Å²) >= 11 is 0. The van der Waals surface area contributed by atoms with Crippen molar-refractivity contribution in [2.24, 2.45) is 0 Å². The normalized spacial score (nSPS) is 12.5. The Balaban J connectivity index is 1.49. The molecule has 1 N–H and O–H groups in total. The highest BCUT2D eigenvalue weighted by Crippen LogP contribution is 2.31. The number of rotatable bonds is 7. The fourth-order valence-corrected chi connectivity index (χ4v) is 3.25. The fraction of sp³-hybridized carbons (Fsp3) is 0.304. The predicted octanol–water partition coefficient (Wildman–Crippen LogP) is 1.67. The number of para-hydroxylation sites is 3. The van der Waals surface area contributed by atoms with E-state index in [4.69, 9.17) is 9.47 Å². The second kappa shape index (κ2) is 9.95. The molecule has 1 heterocycles. The lowest BCUT2D eigenvalue weighted by molar-refractivity contribution is -0.151. The molecule has 3 amide bonds. The van der Waals surface area contributed by atoms with Crippen molar-refractivity contribution in [3.05, 3.63) is 53.6 Å². The quantitative estimate of drug-likeness (QED) is 0.658. The molecule has 0 unspecified atom stereocenters. The molecule has 0 bridgehead atoms. The van der Waals surface area contributed by atoms with E-state index in [9.17, 15) is 19.2 Å². The van der Waals surface area contributed by atoms with Crippen LogP contribution in [0.4, 0.5) is 11.4 Å². The molecule has 3 rings (SSSR count). The highest BCUT2D eigenvalue weighted by molar-refractivity contribution is 6.01. The van der Waals surface area contributed by atoms with Crippen LogP contribution in [0.1, 0.15) is 11.1 Å². The molecule has 0 radical (unpaired) electrons. The van der Waals surface area contributed by atoms with E-state index < -0.39 is 18.5 Å². The van der Waals surface area contributed by atoms with Crippen LogP contribution in [0.2, 0.25) is 0 Å². The Kier molecular flexibility index (Phi) is 7.09. The second-order valence-electron chi connectivity index (χ2n) is 7.46. The summed E-state index contributed by atoms with van der Waals surface area (Å²) in [6.45, 7) is 2.51. The van der Waals surface area contributed by atoms with Crippen LogP contribution in [-0.4, -0.2) is 61.9 Å². The molecular formula is C23H25N3O6. The van der Waals surface area contributed by atoms with Crippen molar-refractivity contribution in [3.63, 3.8) is 0 Å². The minimum atomic E-state index is -0.739. The van der Waals surface area contributed by atoms with E-state index in [0.717, 1.165) is 11.1 Å². The summed E-state index contributed by atoms with van der Waals surface area (Å²) in [5, 5.41) is 2.80. The van der Waals surface area contributed by atoms with E-state index in [1.807, 2.05) is 32.0 Å². The molecule has 0 aromatic heterocycles. The van der Waals surface area contributed by atoms with Crippen LogP contribution in [0.15, 0.2) is 42.5 Å². The average Bonchev–Trinajstić information content (AvgIpc) is 2.76. The molecular weight excluding hydrogens is 414 g/mol. The molecule has 9 heteroatoms. The number of anilines is 2. The Hall–Kier alpha value is -3.88. The van der Waals surface area contributed by atoms with Gasteiger partial charge >= 0.3 is 5.97 Å². The van der Waals surface area contributed by atoms with Gasteiger partial charge in [-0.05, 0) is 37.1 Å². The van der Waals surface area contributed by atoms with E-state index in [-0.39, 0.29) is 31.5 Å². The summed E-state index contributed by atoms with van der Waals surface area (Å²) < 4.78 is 10.4. The monoisotopic (exact) mass is 439 g/mol. The van der Waals surface area contributed by atoms with Gasteiger partial charge in [-0.1, -0.05) is 30.3 Å². The van der Waals surface area contributed by atoms with E-state index >= 15 is 0 Å². The third-order valence-corrected chi connectivity index (χ3v) is 5.00. The van der Waals surface area contributed by atoms with Gasteiger partial charge in [0.05, 0.1) is 12.2 Å². The largest absolute Gasteiger partial charge is 0.482 e. The maximum Gasteiger partial charge on any atom is 0.326 e. The van der Waals surface area contributed by atoms with Crippen molar-refractivity contribution in [3.8, 4) is 5.75 Å². The lowest BCUT2D eigenvalue weighted by Crippen LogP contribution is -2.43. The Morgan fingerprint density at radius 1 is 1.09 bits per heavy atom. The molecule has 168 valence electrons. The number of aryl methyl sites for hydroxylation is 2. The summed E-state index contributed by atoms with van der Waals surface area (Å²) in [5.41, 5.74) is 3.01. The lowest BCUT2D eigenvalue weighted by Gasteiger charge is -2.28.